The van der Waals surface area contributed by atoms with Crippen LogP contribution in [-0.2, 0) is 23.9 Å². The third-order valence-electron chi connectivity index (χ3n) is 9.69. The predicted molar refractivity (Wildman–Crippen MR) is 163 cm³/mol. The number of hydrogen-bond acceptors (Lipinski definition) is 8. The Morgan fingerprint density at radius 1 is 0.955 bits per heavy atom. The number of ether oxygens (including phenoxy) is 2. The monoisotopic (exact) mass is 594 g/mol. The molecular formula is C35H34N2O7. The first kappa shape index (κ1) is 28.3. The van der Waals surface area contributed by atoms with Crippen molar-refractivity contribution in [1.82, 2.24) is 0 Å². The Hall–Kier alpha value is -4.50. The summed E-state index contributed by atoms with van der Waals surface area (Å²) in [5.41, 5.74) is 3.78. The van der Waals surface area contributed by atoms with Crippen LogP contribution in [0.25, 0.3) is 0 Å². The number of allylic oxidation sites excluding steroid dienone is 6. The fourth-order valence-corrected chi connectivity index (χ4v) is 7.65. The number of ketones is 2. The molecule has 0 radical (unpaired) electrons. The molecule has 3 aliphatic carbocycles. The number of Topliss-reactive ketones (excluding diaryl/α,β-unsaturated/α-hetero) is 1. The maximum atomic E-state index is 14.2. The van der Waals surface area contributed by atoms with Crippen LogP contribution in [0.2, 0.25) is 0 Å². The molecule has 4 unspecified atom stereocenters. The van der Waals surface area contributed by atoms with Gasteiger partial charge >= 0.3 is 0 Å². The number of para-hydroxylation sites is 1. The lowest BCUT2D eigenvalue weighted by molar-refractivity contribution is -0.123. The molecule has 4 atom stereocenters. The van der Waals surface area contributed by atoms with Gasteiger partial charge < -0.3 is 19.5 Å². The van der Waals surface area contributed by atoms with Crippen LogP contribution in [0.15, 0.2) is 76.9 Å². The van der Waals surface area contributed by atoms with E-state index < -0.39 is 23.7 Å². The Morgan fingerprint density at radius 3 is 2.41 bits per heavy atom. The number of aromatic hydroxyl groups is 1. The topological polar surface area (TPSA) is 113 Å². The minimum Gasteiger partial charge on any atom is -0.504 e. The van der Waals surface area contributed by atoms with Crippen LogP contribution in [-0.4, -0.2) is 61.4 Å². The average Bonchev–Trinajstić information content (AvgIpc) is 3.30. The van der Waals surface area contributed by atoms with Crippen molar-refractivity contribution in [3.05, 3.63) is 82.5 Å². The van der Waals surface area contributed by atoms with Crippen molar-refractivity contribution >= 4 is 34.8 Å². The van der Waals surface area contributed by atoms with Crippen molar-refractivity contribution in [3.8, 4) is 11.5 Å². The largest absolute Gasteiger partial charge is 0.504 e. The summed E-state index contributed by atoms with van der Waals surface area (Å²) in [6.45, 7) is 6.64. The highest BCUT2D eigenvalue weighted by Gasteiger charge is 2.57. The van der Waals surface area contributed by atoms with E-state index in [0.29, 0.717) is 54.2 Å². The summed E-state index contributed by atoms with van der Waals surface area (Å²) in [6.07, 6.45) is 3.82. The second-order valence-corrected chi connectivity index (χ2v) is 12.0. The van der Waals surface area contributed by atoms with Crippen LogP contribution in [0.1, 0.15) is 38.2 Å². The second kappa shape index (κ2) is 10.9. The average molecular weight is 595 g/mol. The molecule has 5 aliphatic rings. The van der Waals surface area contributed by atoms with Gasteiger partial charge in [-0.2, -0.15) is 0 Å². The van der Waals surface area contributed by atoms with E-state index in [2.05, 4.69) is 4.90 Å². The molecule has 1 N–H and O–H groups in total. The van der Waals surface area contributed by atoms with Gasteiger partial charge in [-0.25, -0.2) is 0 Å². The van der Waals surface area contributed by atoms with Gasteiger partial charge in [-0.05, 0) is 69.0 Å². The van der Waals surface area contributed by atoms with Gasteiger partial charge in [0.05, 0.1) is 37.3 Å². The maximum absolute atomic E-state index is 14.2. The van der Waals surface area contributed by atoms with E-state index in [0.717, 1.165) is 24.4 Å². The number of carbonyl (C=O) groups excluding carboxylic acids is 4. The number of phenolic OH excluding ortho intramolecular Hbond substituents is 1. The SMILES string of the molecule is CCOc1cccc(C2C3=CCC4C(=O)N(c5ccc(N6CCOCC6)cc5)C(=O)C4C3CC3=C2C(=O)C(C)=CC3=O)c1O. The van der Waals surface area contributed by atoms with Gasteiger partial charge in [0.1, 0.15) is 0 Å². The van der Waals surface area contributed by atoms with Gasteiger partial charge in [0.25, 0.3) is 0 Å². The number of nitrogens with zero attached hydrogens (tertiary/aromatic N) is 2. The third kappa shape index (κ3) is 4.32. The summed E-state index contributed by atoms with van der Waals surface area (Å²) in [6, 6.07) is 12.6. The van der Waals surface area contributed by atoms with Gasteiger partial charge in [0.15, 0.2) is 23.1 Å². The predicted octanol–water partition coefficient (Wildman–Crippen LogP) is 4.26. The summed E-state index contributed by atoms with van der Waals surface area (Å²) in [7, 11) is 0. The van der Waals surface area contributed by atoms with Crippen LogP contribution in [0, 0.1) is 17.8 Å². The van der Waals surface area contributed by atoms with E-state index in [-0.39, 0.29) is 41.3 Å². The minimum absolute atomic E-state index is 0.0989. The molecule has 2 fully saturated rings. The molecular weight excluding hydrogens is 560 g/mol. The number of hydrogen-bond donors (Lipinski definition) is 1. The summed E-state index contributed by atoms with van der Waals surface area (Å²) in [4.78, 5) is 58.6. The van der Waals surface area contributed by atoms with E-state index in [1.807, 2.05) is 37.3 Å². The Labute approximate surface area is 255 Å². The molecule has 2 aromatic carbocycles. The molecule has 2 heterocycles. The number of phenols is 1. The number of morpholine rings is 1. The molecule has 0 aromatic heterocycles. The first-order valence-corrected chi connectivity index (χ1v) is 15.3. The van der Waals surface area contributed by atoms with Crippen LogP contribution in [0.4, 0.5) is 11.4 Å². The van der Waals surface area contributed by atoms with Crippen molar-refractivity contribution < 1.29 is 33.8 Å². The van der Waals surface area contributed by atoms with Crippen molar-refractivity contribution in [2.24, 2.45) is 17.8 Å². The summed E-state index contributed by atoms with van der Waals surface area (Å²) in [5, 5.41) is 11.3. The normalized spacial score (nSPS) is 26.7. The van der Waals surface area contributed by atoms with E-state index >= 15 is 0 Å². The molecule has 226 valence electrons. The molecule has 9 heteroatoms. The minimum atomic E-state index is -0.741. The van der Waals surface area contributed by atoms with Crippen molar-refractivity contribution in [2.75, 3.05) is 42.7 Å². The lowest BCUT2D eigenvalue weighted by Gasteiger charge is -2.42. The number of rotatable bonds is 5. The lowest BCUT2D eigenvalue weighted by Crippen LogP contribution is -2.39. The van der Waals surface area contributed by atoms with E-state index in [1.54, 1.807) is 25.1 Å². The molecule has 0 spiro atoms. The summed E-state index contributed by atoms with van der Waals surface area (Å²) < 4.78 is 11.1. The smallest absolute Gasteiger partial charge is 0.238 e. The third-order valence-corrected chi connectivity index (χ3v) is 9.69. The molecule has 7 rings (SSSR count). The molecule has 0 bridgehead atoms. The Morgan fingerprint density at radius 2 is 1.68 bits per heavy atom. The summed E-state index contributed by atoms with van der Waals surface area (Å²) in [5.74, 6) is -3.38. The first-order valence-electron chi connectivity index (χ1n) is 15.3. The highest BCUT2D eigenvalue weighted by molar-refractivity contribution is 6.25. The number of carbonyl (C=O) groups is 4. The molecule has 0 saturated carbocycles. The molecule has 2 aliphatic heterocycles. The van der Waals surface area contributed by atoms with E-state index in [4.69, 9.17) is 9.47 Å². The first-order chi connectivity index (χ1) is 21.3. The Balaban J connectivity index is 1.28. The number of benzene rings is 2. The molecule has 2 aromatic rings. The van der Waals surface area contributed by atoms with Gasteiger partial charge in [-0.3, -0.25) is 24.1 Å². The van der Waals surface area contributed by atoms with Crippen LogP contribution in [0.3, 0.4) is 0 Å². The quantitative estimate of drug-likeness (QED) is 0.311. The summed E-state index contributed by atoms with van der Waals surface area (Å²) >= 11 is 0. The zero-order chi connectivity index (χ0) is 30.7. The Kier molecular flexibility index (Phi) is 7.00. The van der Waals surface area contributed by atoms with Crippen LogP contribution < -0.4 is 14.5 Å². The highest BCUT2D eigenvalue weighted by Crippen LogP contribution is 2.57. The number of amides is 2. The second-order valence-electron chi connectivity index (χ2n) is 12.0. The standard InChI is InChI=1S/C35H34N2O7/c1-3-44-28-6-4-5-23(33(28)40)29-22-11-12-24-30(25(22)18-26-27(38)17-19(2)32(39)31(26)29)35(42)37(34(24)41)21-9-7-20(8-10-21)36-13-15-43-16-14-36/h4-11,17,24-25,29-30,40H,3,12-16,18H2,1-2H3. The van der Waals surface area contributed by atoms with Gasteiger partial charge in [-0.15, -0.1) is 0 Å². The number of imide groups is 1. The highest BCUT2D eigenvalue weighted by atomic mass is 16.5. The molecule has 44 heavy (non-hydrogen) atoms. The fraction of sp³-hybridized carbons (Fsp3) is 0.371. The van der Waals surface area contributed by atoms with Crippen molar-refractivity contribution in [1.29, 1.82) is 0 Å². The van der Waals surface area contributed by atoms with Crippen molar-refractivity contribution in [3.63, 3.8) is 0 Å². The lowest BCUT2D eigenvalue weighted by atomic mass is 9.59. The molecule has 9 nitrogen and oxygen atoms in total. The van der Waals surface area contributed by atoms with Gasteiger partial charge in [0, 0.05) is 47.0 Å². The van der Waals surface area contributed by atoms with Crippen LogP contribution in [0.5, 0.6) is 11.5 Å². The number of fused-ring (bicyclic) bond motifs is 3. The maximum Gasteiger partial charge on any atom is 0.238 e. The molecule has 2 amide bonds. The van der Waals surface area contributed by atoms with Gasteiger partial charge in [-0.1, -0.05) is 23.8 Å². The van der Waals surface area contributed by atoms with Crippen LogP contribution >= 0.6 is 0 Å². The number of anilines is 2. The zero-order valence-electron chi connectivity index (χ0n) is 24.7. The zero-order valence-corrected chi connectivity index (χ0v) is 24.7. The van der Waals surface area contributed by atoms with Gasteiger partial charge in [0.2, 0.25) is 11.8 Å². The van der Waals surface area contributed by atoms with E-state index in [9.17, 15) is 24.3 Å². The van der Waals surface area contributed by atoms with E-state index in [1.165, 1.54) is 11.0 Å². The van der Waals surface area contributed by atoms with Crippen molar-refractivity contribution in [2.45, 2.75) is 32.6 Å². The molecule has 2 saturated heterocycles. The fourth-order valence-electron chi connectivity index (χ4n) is 7.65. The Bertz CT molecular complexity index is 1680.